The van der Waals surface area contributed by atoms with Gasteiger partial charge in [0.15, 0.2) is 0 Å². The van der Waals surface area contributed by atoms with E-state index >= 15 is 0 Å². The van der Waals surface area contributed by atoms with Gasteiger partial charge in [0, 0.05) is 0 Å². The number of carbonyl (C=O) groups excluding carboxylic acids is 1. The lowest BCUT2D eigenvalue weighted by atomic mass is 9.90. The Morgan fingerprint density at radius 3 is 2.55 bits per heavy atom. The van der Waals surface area contributed by atoms with Crippen molar-refractivity contribution in [2.24, 2.45) is 11.8 Å². The van der Waals surface area contributed by atoms with E-state index in [9.17, 15) is 4.79 Å². The van der Waals surface area contributed by atoms with Crippen molar-refractivity contribution < 1.29 is 14.3 Å². The predicted octanol–water partition coefficient (Wildman–Crippen LogP) is 3.77. The Hall–Kier alpha value is -1.51. The van der Waals surface area contributed by atoms with E-state index < -0.39 is 0 Å². The second-order valence-electron chi connectivity index (χ2n) is 5.60. The van der Waals surface area contributed by atoms with E-state index in [0.717, 1.165) is 17.7 Å². The Bertz CT molecular complexity index is 438. The number of ether oxygens (including phenoxy) is 2. The van der Waals surface area contributed by atoms with Gasteiger partial charge < -0.3 is 9.47 Å². The standard InChI is InChI=1S/C17H26O3/c1-6-20-17(18)15(9-12(2)3)11-14-10-13(4)7-8-16(14)19-5/h7-8,10,12,15H,6,9,11H2,1-5H3. The minimum atomic E-state index is -0.107. The van der Waals surface area contributed by atoms with E-state index in [1.807, 2.05) is 26.0 Å². The largest absolute Gasteiger partial charge is 0.496 e. The molecule has 3 heteroatoms. The van der Waals surface area contributed by atoms with Crippen molar-refractivity contribution in [3.05, 3.63) is 29.3 Å². The van der Waals surface area contributed by atoms with Crippen LogP contribution in [0.25, 0.3) is 0 Å². The van der Waals surface area contributed by atoms with Gasteiger partial charge in [-0.3, -0.25) is 4.79 Å². The van der Waals surface area contributed by atoms with Gasteiger partial charge in [-0.15, -0.1) is 0 Å². The van der Waals surface area contributed by atoms with E-state index in [0.29, 0.717) is 18.9 Å². The molecule has 0 aliphatic heterocycles. The van der Waals surface area contributed by atoms with E-state index in [4.69, 9.17) is 9.47 Å². The van der Waals surface area contributed by atoms with Gasteiger partial charge in [0.1, 0.15) is 5.75 Å². The average molecular weight is 278 g/mol. The first-order valence-corrected chi connectivity index (χ1v) is 7.28. The van der Waals surface area contributed by atoms with E-state index in [2.05, 4.69) is 19.9 Å². The zero-order valence-electron chi connectivity index (χ0n) is 13.2. The quantitative estimate of drug-likeness (QED) is 0.712. The molecule has 112 valence electrons. The first kappa shape index (κ1) is 16.5. The number of rotatable bonds is 7. The Labute approximate surface area is 122 Å². The molecule has 0 spiro atoms. The van der Waals surface area contributed by atoms with Crippen LogP contribution in [0.3, 0.4) is 0 Å². The summed E-state index contributed by atoms with van der Waals surface area (Å²) in [7, 11) is 1.66. The normalized spacial score (nSPS) is 12.3. The van der Waals surface area contributed by atoms with E-state index in [1.54, 1.807) is 7.11 Å². The lowest BCUT2D eigenvalue weighted by molar-refractivity contribution is -0.148. The second-order valence-corrected chi connectivity index (χ2v) is 5.60. The highest BCUT2D eigenvalue weighted by Gasteiger charge is 2.23. The zero-order valence-corrected chi connectivity index (χ0v) is 13.2. The van der Waals surface area contributed by atoms with Gasteiger partial charge >= 0.3 is 5.97 Å². The lowest BCUT2D eigenvalue weighted by Gasteiger charge is -2.19. The molecule has 0 aliphatic carbocycles. The van der Waals surface area contributed by atoms with Crippen LogP contribution >= 0.6 is 0 Å². The summed E-state index contributed by atoms with van der Waals surface area (Å²) in [4.78, 5) is 12.1. The number of hydrogen-bond acceptors (Lipinski definition) is 3. The molecule has 0 aliphatic rings. The molecule has 1 atom stereocenters. The summed E-state index contributed by atoms with van der Waals surface area (Å²) in [6, 6.07) is 6.07. The first-order chi connectivity index (χ1) is 9.47. The highest BCUT2D eigenvalue weighted by molar-refractivity contribution is 5.73. The van der Waals surface area contributed by atoms with Crippen LogP contribution in [0.15, 0.2) is 18.2 Å². The van der Waals surface area contributed by atoms with Gasteiger partial charge in [0.05, 0.1) is 19.6 Å². The SMILES string of the molecule is CCOC(=O)C(Cc1cc(C)ccc1OC)CC(C)C. The van der Waals surface area contributed by atoms with Crippen LogP contribution in [-0.4, -0.2) is 19.7 Å². The fourth-order valence-electron chi connectivity index (χ4n) is 2.42. The van der Waals surface area contributed by atoms with Crippen molar-refractivity contribution in [1.29, 1.82) is 0 Å². The third kappa shape index (κ3) is 4.87. The number of aryl methyl sites for hydroxylation is 1. The maximum Gasteiger partial charge on any atom is 0.309 e. The summed E-state index contributed by atoms with van der Waals surface area (Å²) < 4.78 is 10.6. The molecule has 0 saturated heterocycles. The van der Waals surface area contributed by atoms with Gasteiger partial charge in [-0.25, -0.2) is 0 Å². The molecule has 0 amide bonds. The summed E-state index contributed by atoms with van der Waals surface area (Å²) >= 11 is 0. The molecule has 20 heavy (non-hydrogen) atoms. The van der Waals surface area contributed by atoms with Gasteiger partial charge in [0.25, 0.3) is 0 Å². The molecule has 0 radical (unpaired) electrons. The molecular formula is C17H26O3. The highest BCUT2D eigenvalue weighted by atomic mass is 16.5. The van der Waals surface area contributed by atoms with Crippen molar-refractivity contribution in [3.8, 4) is 5.75 Å². The van der Waals surface area contributed by atoms with Gasteiger partial charge in [0.2, 0.25) is 0 Å². The van der Waals surface area contributed by atoms with Crippen LogP contribution in [0, 0.1) is 18.8 Å². The maximum atomic E-state index is 12.1. The second kappa shape index (κ2) is 7.93. The Kier molecular flexibility index (Phi) is 6.56. The maximum absolute atomic E-state index is 12.1. The number of methoxy groups -OCH3 is 1. The van der Waals surface area contributed by atoms with Gasteiger partial charge in [-0.05, 0) is 44.2 Å². The van der Waals surface area contributed by atoms with Crippen molar-refractivity contribution in [3.63, 3.8) is 0 Å². The molecule has 0 N–H and O–H groups in total. The molecule has 1 rings (SSSR count). The highest BCUT2D eigenvalue weighted by Crippen LogP contribution is 2.26. The Morgan fingerprint density at radius 2 is 2.00 bits per heavy atom. The lowest BCUT2D eigenvalue weighted by Crippen LogP contribution is -2.22. The molecule has 0 bridgehead atoms. The third-order valence-electron chi connectivity index (χ3n) is 3.28. The Balaban J connectivity index is 2.93. The molecule has 0 saturated carbocycles. The summed E-state index contributed by atoms with van der Waals surface area (Å²) in [6.45, 7) is 8.57. The minimum absolute atomic E-state index is 0.106. The smallest absolute Gasteiger partial charge is 0.309 e. The molecule has 1 aromatic carbocycles. The molecular weight excluding hydrogens is 252 g/mol. The van der Waals surface area contributed by atoms with Gasteiger partial charge in [-0.1, -0.05) is 31.5 Å². The number of benzene rings is 1. The molecule has 0 aromatic heterocycles. The zero-order chi connectivity index (χ0) is 15.1. The number of esters is 1. The van der Waals surface area contributed by atoms with Crippen LogP contribution in [0.4, 0.5) is 0 Å². The molecule has 0 heterocycles. The summed E-state index contributed by atoms with van der Waals surface area (Å²) in [5, 5.41) is 0. The monoisotopic (exact) mass is 278 g/mol. The number of carbonyl (C=O) groups is 1. The topological polar surface area (TPSA) is 35.5 Å². The van der Waals surface area contributed by atoms with Crippen molar-refractivity contribution in [2.75, 3.05) is 13.7 Å². The van der Waals surface area contributed by atoms with Gasteiger partial charge in [-0.2, -0.15) is 0 Å². The molecule has 0 fully saturated rings. The minimum Gasteiger partial charge on any atom is -0.496 e. The van der Waals surface area contributed by atoms with Crippen LogP contribution in [0.2, 0.25) is 0 Å². The fraction of sp³-hybridized carbons (Fsp3) is 0.588. The first-order valence-electron chi connectivity index (χ1n) is 7.28. The summed E-state index contributed by atoms with van der Waals surface area (Å²) in [6.07, 6.45) is 1.50. The average Bonchev–Trinajstić information content (AvgIpc) is 2.38. The molecule has 1 aromatic rings. The predicted molar refractivity (Wildman–Crippen MR) is 81.0 cm³/mol. The third-order valence-corrected chi connectivity index (χ3v) is 3.28. The van der Waals surface area contributed by atoms with E-state index in [1.165, 1.54) is 5.56 Å². The fourth-order valence-corrected chi connectivity index (χ4v) is 2.42. The van der Waals surface area contributed by atoms with E-state index in [-0.39, 0.29) is 11.9 Å². The van der Waals surface area contributed by atoms with Crippen LogP contribution in [0.5, 0.6) is 5.75 Å². The van der Waals surface area contributed by atoms with Crippen molar-refractivity contribution >= 4 is 5.97 Å². The van der Waals surface area contributed by atoms with Crippen LogP contribution < -0.4 is 4.74 Å². The Morgan fingerprint density at radius 1 is 1.30 bits per heavy atom. The molecule has 1 unspecified atom stereocenters. The summed E-state index contributed by atoms with van der Waals surface area (Å²) in [5.41, 5.74) is 2.25. The summed E-state index contributed by atoms with van der Waals surface area (Å²) in [5.74, 6) is 1.09. The van der Waals surface area contributed by atoms with Crippen molar-refractivity contribution in [2.45, 2.75) is 40.5 Å². The number of hydrogen-bond donors (Lipinski definition) is 0. The molecule has 3 nitrogen and oxygen atoms in total. The van der Waals surface area contributed by atoms with Crippen LogP contribution in [0.1, 0.15) is 38.3 Å². The van der Waals surface area contributed by atoms with Crippen molar-refractivity contribution in [1.82, 2.24) is 0 Å². The van der Waals surface area contributed by atoms with Crippen LogP contribution in [-0.2, 0) is 16.0 Å².